The number of fused-ring (bicyclic) bond motifs is 1. The molecule has 3 rings (SSSR count). The minimum Gasteiger partial charge on any atom is -0.301 e. The average Bonchev–Trinajstić information content (AvgIpc) is 2.57. The SMILES string of the molecule is CC(C)N1CCC[C@H](Cn2c(C(F)F)nc3ccc(Br)cc3c2=O)C1. The smallest absolute Gasteiger partial charge is 0.295 e. The second kappa shape index (κ2) is 7.50. The Morgan fingerprint density at radius 1 is 1.36 bits per heavy atom. The number of piperidine rings is 1. The number of aromatic nitrogens is 2. The topological polar surface area (TPSA) is 38.1 Å². The lowest BCUT2D eigenvalue weighted by Crippen LogP contribution is -2.42. The van der Waals surface area contributed by atoms with E-state index in [9.17, 15) is 13.6 Å². The first-order chi connectivity index (χ1) is 11.9. The summed E-state index contributed by atoms with van der Waals surface area (Å²) in [5.74, 6) is -0.251. The van der Waals surface area contributed by atoms with E-state index in [0.717, 1.165) is 30.4 Å². The van der Waals surface area contributed by atoms with Gasteiger partial charge in [-0.1, -0.05) is 15.9 Å². The average molecular weight is 414 g/mol. The normalized spacial score (nSPS) is 19.2. The molecule has 1 aliphatic rings. The van der Waals surface area contributed by atoms with Gasteiger partial charge in [-0.3, -0.25) is 9.36 Å². The van der Waals surface area contributed by atoms with Crippen molar-refractivity contribution in [1.29, 1.82) is 0 Å². The van der Waals surface area contributed by atoms with Crippen LogP contribution in [0.3, 0.4) is 0 Å². The van der Waals surface area contributed by atoms with E-state index in [1.54, 1.807) is 18.2 Å². The zero-order chi connectivity index (χ0) is 18.1. The molecule has 0 spiro atoms. The fraction of sp³-hybridized carbons (Fsp3) is 0.556. The van der Waals surface area contributed by atoms with Crippen molar-refractivity contribution in [3.05, 3.63) is 38.9 Å². The molecule has 0 radical (unpaired) electrons. The summed E-state index contributed by atoms with van der Waals surface area (Å²) in [5.41, 5.74) is -0.0736. The Bertz CT molecular complexity index is 822. The zero-order valence-electron chi connectivity index (χ0n) is 14.4. The highest BCUT2D eigenvalue weighted by atomic mass is 79.9. The van der Waals surface area contributed by atoms with Crippen LogP contribution in [-0.2, 0) is 6.54 Å². The fourth-order valence-electron chi connectivity index (χ4n) is 3.53. The van der Waals surface area contributed by atoms with Crippen LogP contribution in [0.4, 0.5) is 8.78 Å². The van der Waals surface area contributed by atoms with Crippen molar-refractivity contribution in [3.63, 3.8) is 0 Å². The molecule has 136 valence electrons. The van der Waals surface area contributed by atoms with Gasteiger partial charge in [-0.05, 0) is 57.4 Å². The van der Waals surface area contributed by atoms with Gasteiger partial charge in [0.15, 0.2) is 5.82 Å². The van der Waals surface area contributed by atoms with Gasteiger partial charge in [0.25, 0.3) is 12.0 Å². The third-order valence-electron chi connectivity index (χ3n) is 4.86. The molecule has 0 amide bonds. The Morgan fingerprint density at radius 2 is 2.12 bits per heavy atom. The van der Waals surface area contributed by atoms with Crippen LogP contribution >= 0.6 is 15.9 Å². The molecule has 1 atom stereocenters. The van der Waals surface area contributed by atoms with Gasteiger partial charge in [0, 0.05) is 23.6 Å². The number of benzene rings is 1. The lowest BCUT2D eigenvalue weighted by molar-refractivity contribution is 0.114. The van der Waals surface area contributed by atoms with Crippen LogP contribution in [0.2, 0.25) is 0 Å². The minimum absolute atomic E-state index is 0.178. The lowest BCUT2D eigenvalue weighted by atomic mass is 9.96. The van der Waals surface area contributed by atoms with E-state index in [-0.39, 0.29) is 18.0 Å². The molecular formula is C18H22BrF2N3O. The molecular weight excluding hydrogens is 392 g/mol. The molecule has 1 aromatic carbocycles. The Kier molecular flexibility index (Phi) is 5.53. The molecule has 0 unspecified atom stereocenters. The second-order valence-corrected chi connectivity index (χ2v) is 7.86. The predicted molar refractivity (Wildman–Crippen MR) is 98.1 cm³/mol. The highest BCUT2D eigenvalue weighted by molar-refractivity contribution is 9.10. The lowest BCUT2D eigenvalue weighted by Gasteiger charge is -2.35. The Labute approximate surface area is 154 Å². The van der Waals surface area contributed by atoms with E-state index >= 15 is 0 Å². The maximum Gasteiger partial charge on any atom is 0.295 e. The Hall–Kier alpha value is -1.34. The molecule has 0 bridgehead atoms. The van der Waals surface area contributed by atoms with Crippen molar-refractivity contribution in [1.82, 2.24) is 14.5 Å². The molecule has 7 heteroatoms. The maximum atomic E-state index is 13.5. The number of hydrogen-bond donors (Lipinski definition) is 0. The quantitative estimate of drug-likeness (QED) is 0.752. The highest BCUT2D eigenvalue weighted by Gasteiger charge is 2.25. The highest BCUT2D eigenvalue weighted by Crippen LogP contribution is 2.24. The third kappa shape index (κ3) is 3.92. The summed E-state index contributed by atoms with van der Waals surface area (Å²) >= 11 is 3.33. The Balaban J connectivity index is 2.00. The summed E-state index contributed by atoms with van der Waals surface area (Å²) in [4.78, 5) is 19.3. The van der Waals surface area contributed by atoms with E-state index in [1.165, 1.54) is 4.57 Å². The molecule has 1 aromatic heterocycles. The monoisotopic (exact) mass is 413 g/mol. The summed E-state index contributed by atoms with van der Waals surface area (Å²) in [5, 5.41) is 0.371. The third-order valence-corrected chi connectivity index (χ3v) is 5.36. The van der Waals surface area contributed by atoms with Crippen LogP contribution in [0, 0.1) is 5.92 Å². The van der Waals surface area contributed by atoms with E-state index in [2.05, 4.69) is 39.7 Å². The van der Waals surface area contributed by atoms with Crippen molar-refractivity contribution < 1.29 is 8.78 Å². The van der Waals surface area contributed by atoms with Crippen LogP contribution in [0.25, 0.3) is 10.9 Å². The van der Waals surface area contributed by atoms with Crippen LogP contribution in [0.1, 0.15) is 38.9 Å². The fourth-order valence-corrected chi connectivity index (χ4v) is 3.89. The Morgan fingerprint density at radius 3 is 2.80 bits per heavy atom. The summed E-state index contributed by atoms with van der Waals surface area (Å²) in [6.45, 7) is 6.40. The number of likely N-dealkylation sites (tertiary alicyclic amines) is 1. The molecule has 25 heavy (non-hydrogen) atoms. The first kappa shape index (κ1) is 18.5. The van der Waals surface area contributed by atoms with Crippen LogP contribution in [-0.4, -0.2) is 33.6 Å². The number of halogens is 3. The first-order valence-electron chi connectivity index (χ1n) is 8.59. The molecule has 0 aliphatic carbocycles. The van der Waals surface area contributed by atoms with Crippen LogP contribution < -0.4 is 5.56 Å². The number of alkyl halides is 2. The molecule has 4 nitrogen and oxygen atoms in total. The summed E-state index contributed by atoms with van der Waals surface area (Å²) < 4.78 is 29.0. The number of nitrogens with zero attached hydrogens (tertiary/aromatic N) is 3. The molecule has 2 heterocycles. The van der Waals surface area contributed by atoms with E-state index in [4.69, 9.17) is 0 Å². The number of hydrogen-bond acceptors (Lipinski definition) is 3. The molecule has 2 aromatic rings. The van der Waals surface area contributed by atoms with Gasteiger partial charge in [0.2, 0.25) is 0 Å². The van der Waals surface area contributed by atoms with E-state index in [0.29, 0.717) is 16.9 Å². The van der Waals surface area contributed by atoms with Gasteiger partial charge in [0.1, 0.15) is 0 Å². The van der Waals surface area contributed by atoms with Gasteiger partial charge < -0.3 is 4.90 Å². The standard InChI is InChI=1S/C18H22BrF2N3O/c1-11(2)23-7-3-4-12(9-23)10-24-17(16(20)21)22-15-6-5-13(19)8-14(15)18(24)25/h5-6,8,11-12,16H,3-4,7,9-10H2,1-2H3/t12-/m0/s1. The summed E-state index contributed by atoms with van der Waals surface area (Å²) in [7, 11) is 0. The summed E-state index contributed by atoms with van der Waals surface area (Å²) in [6.07, 6.45) is -0.811. The molecule has 0 N–H and O–H groups in total. The summed E-state index contributed by atoms with van der Waals surface area (Å²) in [6, 6.07) is 5.37. The predicted octanol–water partition coefficient (Wildman–Crippen LogP) is 4.22. The minimum atomic E-state index is -2.77. The second-order valence-electron chi connectivity index (χ2n) is 6.94. The van der Waals surface area contributed by atoms with Gasteiger partial charge in [-0.25, -0.2) is 13.8 Å². The molecule has 0 saturated carbocycles. The van der Waals surface area contributed by atoms with Crippen molar-refractivity contribution in [2.75, 3.05) is 13.1 Å². The molecule has 1 fully saturated rings. The van der Waals surface area contributed by atoms with Crippen molar-refractivity contribution in [2.24, 2.45) is 5.92 Å². The van der Waals surface area contributed by atoms with E-state index in [1.807, 2.05) is 0 Å². The zero-order valence-corrected chi connectivity index (χ0v) is 16.0. The van der Waals surface area contributed by atoms with Gasteiger partial charge in [0.05, 0.1) is 10.9 Å². The van der Waals surface area contributed by atoms with Crippen LogP contribution in [0.15, 0.2) is 27.5 Å². The molecule has 1 aliphatic heterocycles. The first-order valence-corrected chi connectivity index (χ1v) is 9.38. The van der Waals surface area contributed by atoms with Gasteiger partial charge in [-0.15, -0.1) is 0 Å². The largest absolute Gasteiger partial charge is 0.301 e. The van der Waals surface area contributed by atoms with Crippen molar-refractivity contribution in [3.8, 4) is 0 Å². The maximum absolute atomic E-state index is 13.5. The van der Waals surface area contributed by atoms with Gasteiger partial charge in [-0.2, -0.15) is 0 Å². The van der Waals surface area contributed by atoms with Crippen LogP contribution in [0.5, 0.6) is 0 Å². The van der Waals surface area contributed by atoms with E-state index < -0.39 is 12.2 Å². The van der Waals surface area contributed by atoms with Gasteiger partial charge >= 0.3 is 0 Å². The molecule has 1 saturated heterocycles. The van der Waals surface area contributed by atoms with Crippen molar-refractivity contribution in [2.45, 2.75) is 45.7 Å². The number of rotatable bonds is 4. The van der Waals surface area contributed by atoms with Crippen molar-refractivity contribution >= 4 is 26.8 Å².